The number of likely N-dealkylation sites (N-methyl/N-ethyl adjacent to an activating group) is 1. The third kappa shape index (κ3) is 3.41. The zero-order valence-corrected chi connectivity index (χ0v) is 13.9. The van der Waals surface area contributed by atoms with E-state index in [2.05, 4.69) is 34.3 Å². The van der Waals surface area contributed by atoms with Crippen LogP contribution in [0.3, 0.4) is 0 Å². The van der Waals surface area contributed by atoms with E-state index in [9.17, 15) is 4.79 Å². The highest BCUT2D eigenvalue weighted by Crippen LogP contribution is 2.22. The van der Waals surface area contributed by atoms with Crippen molar-refractivity contribution in [3.63, 3.8) is 0 Å². The number of thiophene rings is 1. The number of rotatable bonds is 4. The summed E-state index contributed by atoms with van der Waals surface area (Å²) in [4.78, 5) is 15.5. The Balaban J connectivity index is 2.09. The topological polar surface area (TPSA) is 46.3 Å². The molecule has 0 radical (unpaired) electrons. The van der Waals surface area contributed by atoms with Gasteiger partial charge in [0.05, 0.1) is 0 Å². The summed E-state index contributed by atoms with van der Waals surface area (Å²) in [6.45, 7) is 2.06. The van der Waals surface area contributed by atoms with Gasteiger partial charge in [0.15, 0.2) is 0 Å². The van der Waals surface area contributed by atoms with Crippen molar-refractivity contribution in [3.05, 3.63) is 50.6 Å². The summed E-state index contributed by atoms with van der Waals surface area (Å²) in [7, 11) is 1.84. The SMILES string of the molecule is CC(Cc1cccs1)N(C)C(=O)c1ccc(N)c(Br)c1. The molecule has 2 N–H and O–H groups in total. The summed E-state index contributed by atoms with van der Waals surface area (Å²) in [6, 6.07) is 9.56. The van der Waals surface area contributed by atoms with E-state index in [1.165, 1.54) is 4.88 Å². The van der Waals surface area contributed by atoms with Gasteiger partial charge in [0.25, 0.3) is 5.91 Å². The molecule has 3 nitrogen and oxygen atoms in total. The first-order valence-corrected chi connectivity index (χ1v) is 8.01. The molecule has 2 aromatic rings. The lowest BCUT2D eigenvalue weighted by molar-refractivity contribution is 0.0744. The lowest BCUT2D eigenvalue weighted by atomic mass is 10.1. The van der Waals surface area contributed by atoms with Crippen molar-refractivity contribution < 1.29 is 4.79 Å². The van der Waals surface area contributed by atoms with Crippen molar-refractivity contribution in [3.8, 4) is 0 Å². The fourth-order valence-corrected chi connectivity index (χ4v) is 3.13. The zero-order chi connectivity index (χ0) is 14.7. The number of anilines is 1. The minimum absolute atomic E-state index is 0.00903. The van der Waals surface area contributed by atoms with Crippen LogP contribution >= 0.6 is 27.3 Å². The quantitative estimate of drug-likeness (QED) is 0.850. The first-order chi connectivity index (χ1) is 9.49. The van der Waals surface area contributed by atoms with E-state index >= 15 is 0 Å². The van der Waals surface area contributed by atoms with Crippen LogP contribution in [-0.4, -0.2) is 23.9 Å². The van der Waals surface area contributed by atoms with Gasteiger partial charge in [0.1, 0.15) is 0 Å². The van der Waals surface area contributed by atoms with E-state index in [-0.39, 0.29) is 11.9 Å². The van der Waals surface area contributed by atoms with E-state index in [0.717, 1.165) is 10.9 Å². The number of amides is 1. The molecular formula is C15H17BrN2OS. The van der Waals surface area contributed by atoms with Crippen LogP contribution in [0.5, 0.6) is 0 Å². The highest BCUT2D eigenvalue weighted by atomic mass is 79.9. The largest absolute Gasteiger partial charge is 0.398 e. The number of hydrogen-bond acceptors (Lipinski definition) is 3. The Hall–Kier alpha value is -1.33. The molecule has 1 aromatic carbocycles. The van der Waals surface area contributed by atoms with Gasteiger partial charge in [-0.1, -0.05) is 6.07 Å². The number of hydrogen-bond donors (Lipinski definition) is 1. The molecule has 0 saturated heterocycles. The predicted molar refractivity (Wildman–Crippen MR) is 88.1 cm³/mol. The minimum atomic E-state index is 0.00903. The molecular weight excluding hydrogens is 336 g/mol. The van der Waals surface area contributed by atoms with Crippen LogP contribution in [0.4, 0.5) is 5.69 Å². The fourth-order valence-electron chi connectivity index (χ4n) is 1.92. The van der Waals surface area contributed by atoms with Gasteiger partial charge in [-0.25, -0.2) is 0 Å². The van der Waals surface area contributed by atoms with Gasteiger partial charge in [-0.2, -0.15) is 0 Å². The minimum Gasteiger partial charge on any atom is -0.398 e. The summed E-state index contributed by atoms with van der Waals surface area (Å²) >= 11 is 5.07. The van der Waals surface area contributed by atoms with Gasteiger partial charge in [-0.15, -0.1) is 11.3 Å². The van der Waals surface area contributed by atoms with Gasteiger partial charge in [0.2, 0.25) is 0 Å². The number of nitrogens with two attached hydrogens (primary N) is 1. The van der Waals surface area contributed by atoms with Gasteiger partial charge < -0.3 is 10.6 Å². The molecule has 1 heterocycles. The van der Waals surface area contributed by atoms with Gasteiger partial charge in [-0.3, -0.25) is 4.79 Å². The third-order valence-corrected chi connectivity index (χ3v) is 4.89. The Kier molecular flexibility index (Phi) is 4.83. The highest BCUT2D eigenvalue weighted by Gasteiger charge is 2.18. The number of nitrogen functional groups attached to an aromatic ring is 1. The van der Waals surface area contributed by atoms with Gasteiger partial charge >= 0.3 is 0 Å². The summed E-state index contributed by atoms with van der Waals surface area (Å²) in [5, 5.41) is 2.06. The lowest BCUT2D eigenvalue weighted by Gasteiger charge is -2.25. The molecule has 106 valence electrons. The van der Waals surface area contributed by atoms with Crippen LogP contribution in [0.1, 0.15) is 22.2 Å². The molecule has 0 aliphatic rings. The van der Waals surface area contributed by atoms with Crippen LogP contribution in [-0.2, 0) is 6.42 Å². The van der Waals surface area contributed by atoms with Crippen molar-refractivity contribution >= 4 is 38.9 Å². The van der Waals surface area contributed by atoms with Crippen molar-refractivity contribution in [2.45, 2.75) is 19.4 Å². The monoisotopic (exact) mass is 352 g/mol. The average Bonchev–Trinajstić information content (AvgIpc) is 2.93. The molecule has 0 spiro atoms. The lowest BCUT2D eigenvalue weighted by Crippen LogP contribution is -2.36. The Labute approximate surface area is 131 Å². The Morgan fingerprint density at radius 2 is 2.20 bits per heavy atom. The number of carbonyl (C=O) groups excluding carboxylic acids is 1. The Morgan fingerprint density at radius 1 is 1.45 bits per heavy atom. The molecule has 0 saturated carbocycles. The fraction of sp³-hybridized carbons (Fsp3) is 0.267. The second-order valence-electron chi connectivity index (χ2n) is 4.78. The van der Waals surface area contributed by atoms with Crippen molar-refractivity contribution in [2.75, 3.05) is 12.8 Å². The molecule has 1 aromatic heterocycles. The molecule has 0 aliphatic carbocycles. The molecule has 0 bridgehead atoms. The van der Waals surface area contributed by atoms with E-state index in [4.69, 9.17) is 5.73 Å². The van der Waals surface area contributed by atoms with Gasteiger partial charge in [-0.05, 0) is 52.5 Å². The van der Waals surface area contributed by atoms with Crippen LogP contribution < -0.4 is 5.73 Å². The average molecular weight is 353 g/mol. The summed E-state index contributed by atoms with van der Waals surface area (Å²) in [5.74, 6) is 0.00903. The second kappa shape index (κ2) is 6.41. The molecule has 0 fully saturated rings. The summed E-state index contributed by atoms with van der Waals surface area (Å²) < 4.78 is 0.752. The van der Waals surface area contributed by atoms with Crippen molar-refractivity contribution in [1.82, 2.24) is 4.90 Å². The van der Waals surface area contributed by atoms with E-state index in [0.29, 0.717) is 11.3 Å². The smallest absolute Gasteiger partial charge is 0.253 e. The first kappa shape index (κ1) is 15.1. The summed E-state index contributed by atoms with van der Waals surface area (Å²) in [5.41, 5.74) is 7.02. The zero-order valence-electron chi connectivity index (χ0n) is 11.5. The maximum Gasteiger partial charge on any atom is 0.253 e. The maximum absolute atomic E-state index is 12.4. The standard InChI is InChI=1S/C15H17BrN2OS/c1-10(8-12-4-3-7-20-12)18(2)15(19)11-5-6-14(17)13(16)9-11/h3-7,9-10H,8,17H2,1-2H3. The molecule has 20 heavy (non-hydrogen) atoms. The predicted octanol–water partition coefficient (Wildman–Crippen LogP) is 3.80. The molecule has 2 rings (SSSR count). The number of nitrogens with zero attached hydrogens (tertiary/aromatic N) is 1. The van der Waals surface area contributed by atoms with Crippen molar-refractivity contribution in [2.24, 2.45) is 0 Å². The molecule has 1 atom stereocenters. The van der Waals surface area contributed by atoms with E-state index in [1.54, 1.807) is 34.4 Å². The second-order valence-corrected chi connectivity index (χ2v) is 6.67. The molecule has 5 heteroatoms. The van der Waals surface area contributed by atoms with Crippen LogP contribution in [0.2, 0.25) is 0 Å². The summed E-state index contributed by atoms with van der Waals surface area (Å²) in [6.07, 6.45) is 0.871. The normalized spacial score (nSPS) is 12.2. The molecule has 1 amide bonds. The van der Waals surface area contributed by atoms with Gasteiger partial charge in [0, 0.05) is 40.1 Å². The third-order valence-electron chi connectivity index (χ3n) is 3.31. The maximum atomic E-state index is 12.4. The first-order valence-electron chi connectivity index (χ1n) is 6.33. The Bertz CT molecular complexity index is 598. The van der Waals surface area contributed by atoms with E-state index < -0.39 is 0 Å². The van der Waals surface area contributed by atoms with Crippen LogP contribution in [0.15, 0.2) is 40.2 Å². The Morgan fingerprint density at radius 3 is 2.80 bits per heavy atom. The number of halogens is 1. The number of carbonyl (C=O) groups is 1. The number of benzene rings is 1. The van der Waals surface area contributed by atoms with Crippen LogP contribution in [0.25, 0.3) is 0 Å². The molecule has 0 aliphatic heterocycles. The van der Waals surface area contributed by atoms with Crippen molar-refractivity contribution in [1.29, 1.82) is 0 Å². The van der Waals surface area contributed by atoms with E-state index in [1.807, 2.05) is 13.1 Å². The van der Waals surface area contributed by atoms with Crippen LogP contribution in [0, 0.1) is 0 Å². The highest BCUT2D eigenvalue weighted by molar-refractivity contribution is 9.10. The molecule has 1 unspecified atom stereocenters.